The van der Waals surface area contributed by atoms with E-state index in [1.54, 1.807) is 36.5 Å². The van der Waals surface area contributed by atoms with Crippen molar-refractivity contribution in [2.75, 3.05) is 0 Å². The fraction of sp³-hybridized carbons (Fsp3) is 0. The van der Waals surface area contributed by atoms with Crippen LogP contribution in [0.3, 0.4) is 0 Å². The van der Waals surface area contributed by atoms with Gasteiger partial charge in [0.1, 0.15) is 0 Å². The summed E-state index contributed by atoms with van der Waals surface area (Å²) in [5, 5.41) is 24.2. The number of aromatic nitrogens is 2. The van der Waals surface area contributed by atoms with Gasteiger partial charge in [-0.1, -0.05) is 12.1 Å². The van der Waals surface area contributed by atoms with Gasteiger partial charge >= 0.3 is 5.97 Å². The van der Waals surface area contributed by atoms with Crippen LogP contribution in [0.2, 0.25) is 0 Å². The second-order valence-corrected chi connectivity index (χ2v) is 4.80. The van der Waals surface area contributed by atoms with Crippen LogP contribution in [0.1, 0.15) is 10.4 Å². The van der Waals surface area contributed by atoms with Crippen molar-refractivity contribution in [3.05, 3.63) is 76.6 Å². The predicted octanol–water partition coefficient (Wildman–Crippen LogP) is 3.15. The molecule has 0 aliphatic heterocycles. The first-order valence-electron chi connectivity index (χ1n) is 6.68. The Bertz CT molecular complexity index is 884. The second-order valence-electron chi connectivity index (χ2n) is 4.80. The highest BCUT2D eigenvalue weighted by Crippen LogP contribution is 2.29. The van der Waals surface area contributed by atoms with Crippen molar-refractivity contribution in [3.63, 3.8) is 0 Å². The molecule has 3 aromatic rings. The first-order chi connectivity index (χ1) is 11.1. The molecule has 0 radical (unpaired) electrons. The Morgan fingerprint density at radius 2 is 1.83 bits per heavy atom. The fourth-order valence-corrected chi connectivity index (χ4v) is 2.24. The van der Waals surface area contributed by atoms with E-state index in [2.05, 4.69) is 5.10 Å². The molecule has 7 nitrogen and oxygen atoms in total. The van der Waals surface area contributed by atoms with Crippen LogP contribution < -0.4 is 0 Å². The minimum Gasteiger partial charge on any atom is -0.478 e. The lowest BCUT2D eigenvalue weighted by Gasteiger charge is -2.02. The van der Waals surface area contributed by atoms with E-state index in [0.717, 1.165) is 0 Å². The molecule has 1 heterocycles. The molecule has 0 saturated carbocycles. The monoisotopic (exact) mass is 309 g/mol. The smallest absolute Gasteiger partial charge is 0.335 e. The average Bonchev–Trinajstić information content (AvgIpc) is 3.04. The third kappa shape index (κ3) is 2.80. The molecular weight excluding hydrogens is 298 g/mol. The number of para-hydroxylation sites is 1. The Balaban J connectivity index is 1.98. The summed E-state index contributed by atoms with van der Waals surface area (Å²) in [5.41, 5.74) is 1.94. The molecule has 0 unspecified atom stereocenters. The molecule has 0 fully saturated rings. The molecule has 0 aliphatic carbocycles. The van der Waals surface area contributed by atoms with Crippen LogP contribution in [0.5, 0.6) is 0 Å². The molecule has 114 valence electrons. The number of nitro benzene ring substituents is 1. The number of carboxylic acids is 1. The first-order valence-corrected chi connectivity index (χ1v) is 6.68. The summed E-state index contributed by atoms with van der Waals surface area (Å²) in [5.74, 6) is -1.00. The number of aromatic carboxylic acids is 1. The first kappa shape index (κ1) is 14.5. The van der Waals surface area contributed by atoms with E-state index in [9.17, 15) is 14.9 Å². The van der Waals surface area contributed by atoms with Gasteiger partial charge in [-0.2, -0.15) is 5.10 Å². The number of hydrogen-bond donors (Lipinski definition) is 1. The number of rotatable bonds is 4. The molecule has 1 aromatic heterocycles. The van der Waals surface area contributed by atoms with E-state index >= 15 is 0 Å². The quantitative estimate of drug-likeness (QED) is 0.589. The molecule has 23 heavy (non-hydrogen) atoms. The van der Waals surface area contributed by atoms with E-state index in [-0.39, 0.29) is 11.3 Å². The van der Waals surface area contributed by atoms with Crippen LogP contribution in [0.15, 0.2) is 60.9 Å². The van der Waals surface area contributed by atoms with Crippen molar-refractivity contribution in [1.82, 2.24) is 9.78 Å². The Morgan fingerprint density at radius 1 is 1.13 bits per heavy atom. The Kier molecular flexibility index (Phi) is 3.60. The topological polar surface area (TPSA) is 98.3 Å². The molecule has 0 saturated heterocycles. The van der Waals surface area contributed by atoms with Gasteiger partial charge in [0.25, 0.3) is 5.69 Å². The molecule has 0 aliphatic rings. The van der Waals surface area contributed by atoms with Crippen LogP contribution >= 0.6 is 0 Å². The Labute approximate surface area is 130 Å². The summed E-state index contributed by atoms with van der Waals surface area (Å²) in [4.78, 5) is 21.5. The normalized spacial score (nSPS) is 10.4. The van der Waals surface area contributed by atoms with Gasteiger partial charge in [-0.15, -0.1) is 0 Å². The minimum absolute atomic E-state index is 0.00766. The lowest BCUT2D eigenvalue weighted by Crippen LogP contribution is -1.98. The van der Waals surface area contributed by atoms with Gasteiger partial charge < -0.3 is 5.11 Å². The predicted molar refractivity (Wildman–Crippen MR) is 82.6 cm³/mol. The number of hydrogen-bond acceptors (Lipinski definition) is 4. The zero-order valence-electron chi connectivity index (χ0n) is 11.8. The van der Waals surface area contributed by atoms with E-state index in [1.807, 2.05) is 0 Å². The van der Waals surface area contributed by atoms with Gasteiger partial charge in [0, 0.05) is 17.8 Å². The molecule has 3 rings (SSSR count). The zero-order chi connectivity index (χ0) is 16.4. The largest absolute Gasteiger partial charge is 0.478 e. The van der Waals surface area contributed by atoms with Crippen LogP contribution in [-0.4, -0.2) is 25.8 Å². The summed E-state index contributed by atoms with van der Waals surface area (Å²) in [6, 6.07) is 12.6. The zero-order valence-corrected chi connectivity index (χ0v) is 11.8. The standard InChI is InChI=1S/C16H11N3O4/c20-16(21)11-5-7-13(8-6-11)18-10-12(9-17-18)14-3-1-2-4-15(14)19(22)23/h1-10H,(H,20,21). The molecule has 2 aromatic carbocycles. The highest BCUT2D eigenvalue weighted by atomic mass is 16.6. The molecule has 1 N–H and O–H groups in total. The van der Waals surface area contributed by atoms with E-state index in [1.165, 1.54) is 29.1 Å². The van der Waals surface area contributed by atoms with Crippen molar-refractivity contribution in [2.24, 2.45) is 0 Å². The Hall–Kier alpha value is -3.48. The maximum atomic E-state index is 11.1. The van der Waals surface area contributed by atoms with Gasteiger partial charge in [-0.05, 0) is 30.3 Å². The lowest BCUT2D eigenvalue weighted by molar-refractivity contribution is -0.384. The lowest BCUT2D eigenvalue weighted by atomic mass is 10.1. The summed E-state index contributed by atoms with van der Waals surface area (Å²) in [6.45, 7) is 0. The van der Waals surface area contributed by atoms with E-state index in [4.69, 9.17) is 5.11 Å². The molecule has 0 atom stereocenters. The molecular formula is C16H11N3O4. The number of nitrogens with zero attached hydrogens (tertiary/aromatic N) is 3. The summed E-state index contributed by atoms with van der Waals surface area (Å²) < 4.78 is 1.54. The molecule has 0 spiro atoms. The molecule has 0 bridgehead atoms. The van der Waals surface area contributed by atoms with Crippen molar-refractivity contribution < 1.29 is 14.8 Å². The van der Waals surface area contributed by atoms with Gasteiger partial charge in [-0.3, -0.25) is 10.1 Å². The van der Waals surface area contributed by atoms with Crippen LogP contribution in [0, 0.1) is 10.1 Å². The Morgan fingerprint density at radius 3 is 2.48 bits per heavy atom. The maximum Gasteiger partial charge on any atom is 0.335 e. The highest BCUT2D eigenvalue weighted by molar-refractivity contribution is 5.87. The van der Waals surface area contributed by atoms with Crippen LogP contribution in [0.25, 0.3) is 16.8 Å². The highest BCUT2D eigenvalue weighted by Gasteiger charge is 2.15. The van der Waals surface area contributed by atoms with Crippen LogP contribution in [0.4, 0.5) is 5.69 Å². The van der Waals surface area contributed by atoms with Crippen molar-refractivity contribution in [1.29, 1.82) is 0 Å². The van der Waals surface area contributed by atoms with Crippen LogP contribution in [-0.2, 0) is 0 Å². The summed E-state index contributed by atoms with van der Waals surface area (Å²) >= 11 is 0. The summed E-state index contributed by atoms with van der Waals surface area (Å²) in [7, 11) is 0. The van der Waals surface area contributed by atoms with Gasteiger partial charge in [0.15, 0.2) is 0 Å². The van der Waals surface area contributed by atoms with Crippen molar-refractivity contribution >= 4 is 11.7 Å². The average molecular weight is 309 g/mol. The van der Waals surface area contributed by atoms with E-state index < -0.39 is 10.9 Å². The van der Waals surface area contributed by atoms with Crippen molar-refractivity contribution in [3.8, 4) is 16.8 Å². The third-order valence-corrected chi connectivity index (χ3v) is 3.37. The van der Waals surface area contributed by atoms with Gasteiger partial charge in [0.2, 0.25) is 0 Å². The van der Waals surface area contributed by atoms with Gasteiger partial charge in [-0.25, -0.2) is 9.48 Å². The third-order valence-electron chi connectivity index (χ3n) is 3.37. The number of nitro groups is 1. The SMILES string of the molecule is O=C(O)c1ccc(-n2cc(-c3ccccc3[N+](=O)[O-])cn2)cc1. The van der Waals surface area contributed by atoms with Gasteiger partial charge in [0.05, 0.1) is 27.9 Å². The minimum atomic E-state index is -1.00. The molecule has 7 heteroatoms. The van der Waals surface area contributed by atoms with Crippen molar-refractivity contribution in [2.45, 2.75) is 0 Å². The maximum absolute atomic E-state index is 11.1. The fourth-order valence-electron chi connectivity index (χ4n) is 2.24. The second kappa shape index (κ2) is 5.72. The van der Waals surface area contributed by atoms with E-state index in [0.29, 0.717) is 16.8 Å². The molecule has 0 amide bonds. The number of benzene rings is 2. The summed E-state index contributed by atoms with van der Waals surface area (Å²) in [6.07, 6.45) is 3.20. The number of carbonyl (C=O) groups is 1. The number of carboxylic acid groups (broad SMARTS) is 1.